The largest absolute Gasteiger partial charge is 0.454 e. The molecular weight excluding hydrogens is 365 g/mol. The predicted molar refractivity (Wildman–Crippen MR) is 102 cm³/mol. The van der Waals surface area contributed by atoms with Crippen molar-refractivity contribution in [3.63, 3.8) is 0 Å². The molecule has 1 N–H and O–H groups in total. The second kappa shape index (κ2) is 7.09. The topological polar surface area (TPSA) is 67.2 Å². The van der Waals surface area contributed by atoms with Crippen molar-refractivity contribution in [3.8, 4) is 28.8 Å². The molecule has 0 fully saturated rings. The fraction of sp³-hybridized carbons (Fsp3) is 0.100. The molecule has 1 aliphatic heterocycles. The lowest BCUT2D eigenvalue weighted by Gasteiger charge is -2.03. The summed E-state index contributed by atoms with van der Waals surface area (Å²) in [5.74, 6) is 1.09. The molecule has 0 saturated heterocycles. The van der Waals surface area contributed by atoms with E-state index in [4.69, 9.17) is 9.47 Å². The fourth-order valence-electron chi connectivity index (χ4n) is 2.57. The van der Waals surface area contributed by atoms with E-state index in [9.17, 15) is 9.65 Å². The van der Waals surface area contributed by atoms with Gasteiger partial charge in [0.1, 0.15) is 22.5 Å². The van der Waals surface area contributed by atoms with E-state index in [2.05, 4.69) is 16.4 Å². The minimum absolute atomic E-state index is 0.216. The Hall–Kier alpha value is -3.37. The molecule has 0 aliphatic carbocycles. The maximum Gasteiger partial charge on any atom is 0.231 e. The highest BCUT2D eigenvalue weighted by Crippen LogP contribution is 2.36. The third-order valence-electron chi connectivity index (χ3n) is 4.08. The van der Waals surface area contributed by atoms with E-state index in [1.54, 1.807) is 19.1 Å². The first-order valence-corrected chi connectivity index (χ1v) is 9.01. The van der Waals surface area contributed by atoms with Gasteiger partial charge in [0.05, 0.1) is 5.69 Å². The summed E-state index contributed by atoms with van der Waals surface area (Å²) in [6, 6.07) is 12.6. The van der Waals surface area contributed by atoms with Gasteiger partial charge in [-0.2, -0.15) is 5.26 Å². The second-order valence-electron chi connectivity index (χ2n) is 5.88. The number of benzene rings is 2. The van der Waals surface area contributed by atoms with Crippen LogP contribution >= 0.6 is 11.3 Å². The first-order valence-electron chi connectivity index (χ1n) is 8.13. The van der Waals surface area contributed by atoms with Crippen LogP contribution in [0.25, 0.3) is 16.8 Å². The molecule has 7 heteroatoms. The number of aromatic nitrogens is 1. The molecule has 0 saturated carbocycles. The van der Waals surface area contributed by atoms with Crippen LogP contribution in [0.5, 0.6) is 11.5 Å². The van der Waals surface area contributed by atoms with Crippen molar-refractivity contribution in [1.29, 1.82) is 5.26 Å². The summed E-state index contributed by atoms with van der Waals surface area (Å²) in [5.41, 5.74) is 3.13. The number of halogens is 1. The van der Waals surface area contributed by atoms with Crippen molar-refractivity contribution in [3.05, 3.63) is 64.4 Å². The molecule has 1 aromatic heterocycles. The molecule has 5 nitrogen and oxygen atoms in total. The monoisotopic (exact) mass is 379 g/mol. The van der Waals surface area contributed by atoms with Gasteiger partial charge in [0.2, 0.25) is 6.79 Å². The van der Waals surface area contributed by atoms with Crippen LogP contribution in [0.2, 0.25) is 0 Å². The highest BCUT2D eigenvalue weighted by molar-refractivity contribution is 7.11. The Labute approximate surface area is 159 Å². The first-order chi connectivity index (χ1) is 13.1. The van der Waals surface area contributed by atoms with Crippen molar-refractivity contribution in [2.24, 2.45) is 0 Å². The summed E-state index contributed by atoms with van der Waals surface area (Å²) in [5, 5.41) is 14.9. The van der Waals surface area contributed by atoms with Gasteiger partial charge in [-0.05, 0) is 42.8 Å². The van der Waals surface area contributed by atoms with Crippen molar-refractivity contribution >= 4 is 22.6 Å². The van der Waals surface area contributed by atoms with Gasteiger partial charge < -0.3 is 14.8 Å². The molecule has 0 bridgehead atoms. The highest BCUT2D eigenvalue weighted by atomic mass is 32.1. The molecule has 0 spiro atoms. The maximum atomic E-state index is 13.6. The third-order valence-corrected chi connectivity index (χ3v) is 4.95. The van der Waals surface area contributed by atoms with Gasteiger partial charge in [0.15, 0.2) is 11.5 Å². The average molecular weight is 379 g/mol. The normalized spacial score (nSPS) is 12.7. The van der Waals surface area contributed by atoms with E-state index in [1.165, 1.54) is 23.6 Å². The van der Waals surface area contributed by atoms with Gasteiger partial charge in [-0.15, -0.1) is 11.3 Å². The number of fused-ring (bicyclic) bond motifs is 1. The number of allylic oxidation sites excluding steroid dienone is 1. The molecule has 0 atom stereocenters. The first kappa shape index (κ1) is 17.1. The Bertz CT molecular complexity index is 1090. The fourth-order valence-corrected chi connectivity index (χ4v) is 3.36. The number of aryl methyl sites for hydroxylation is 1. The summed E-state index contributed by atoms with van der Waals surface area (Å²) in [7, 11) is 0. The Morgan fingerprint density at radius 3 is 2.93 bits per heavy atom. The van der Waals surface area contributed by atoms with Gasteiger partial charge in [-0.25, -0.2) is 9.37 Å². The van der Waals surface area contributed by atoms with Crippen molar-refractivity contribution in [2.75, 3.05) is 12.1 Å². The van der Waals surface area contributed by atoms with E-state index in [0.717, 1.165) is 11.3 Å². The number of nitrogens with zero attached hydrogens (tertiary/aromatic N) is 2. The standard InChI is InChI=1S/C20H14FN3O2S/c1-12-2-4-15(7-16(12)21)23-9-14(8-22)20-24-17(10-27-20)13-3-5-18-19(6-13)26-11-25-18/h2-7,9-10,23H,11H2,1H3. The molecule has 134 valence electrons. The lowest BCUT2D eigenvalue weighted by atomic mass is 10.1. The summed E-state index contributed by atoms with van der Waals surface area (Å²) >= 11 is 1.36. The van der Waals surface area contributed by atoms with E-state index < -0.39 is 0 Å². The van der Waals surface area contributed by atoms with Crippen molar-refractivity contribution in [2.45, 2.75) is 6.92 Å². The lowest BCUT2D eigenvalue weighted by Crippen LogP contribution is -1.93. The zero-order chi connectivity index (χ0) is 18.8. The predicted octanol–water partition coefficient (Wildman–Crippen LogP) is 4.96. The third kappa shape index (κ3) is 3.48. The Morgan fingerprint density at radius 2 is 2.11 bits per heavy atom. The van der Waals surface area contributed by atoms with Crippen LogP contribution < -0.4 is 14.8 Å². The van der Waals surface area contributed by atoms with Crippen molar-refractivity contribution < 1.29 is 13.9 Å². The molecule has 1 aliphatic rings. The van der Waals surface area contributed by atoms with Crippen LogP contribution in [0.3, 0.4) is 0 Å². The van der Waals surface area contributed by atoms with Crippen LogP contribution in [-0.4, -0.2) is 11.8 Å². The van der Waals surface area contributed by atoms with Gasteiger partial charge in [-0.1, -0.05) is 6.07 Å². The molecule has 2 aromatic carbocycles. The number of hydrogen-bond acceptors (Lipinski definition) is 6. The Kier molecular flexibility index (Phi) is 4.48. The quantitative estimate of drug-likeness (QED) is 0.649. The molecule has 0 unspecified atom stereocenters. The molecule has 4 rings (SSSR count). The Morgan fingerprint density at radius 1 is 1.26 bits per heavy atom. The van der Waals surface area contributed by atoms with E-state index in [0.29, 0.717) is 33.3 Å². The maximum absolute atomic E-state index is 13.6. The zero-order valence-electron chi connectivity index (χ0n) is 14.3. The number of nitriles is 1. The van der Waals surface area contributed by atoms with Gasteiger partial charge in [-0.3, -0.25) is 0 Å². The molecule has 0 amide bonds. The van der Waals surface area contributed by atoms with Gasteiger partial charge in [0, 0.05) is 22.8 Å². The molecule has 27 heavy (non-hydrogen) atoms. The minimum atomic E-state index is -0.300. The van der Waals surface area contributed by atoms with Crippen LogP contribution in [0.4, 0.5) is 10.1 Å². The Balaban J connectivity index is 1.57. The average Bonchev–Trinajstić information content (AvgIpc) is 3.34. The van der Waals surface area contributed by atoms with Crippen LogP contribution in [0.15, 0.2) is 48.0 Å². The SMILES string of the molecule is Cc1ccc(NC=C(C#N)c2nc(-c3ccc4c(c3)OCO4)cs2)cc1F. The summed E-state index contributed by atoms with van der Waals surface area (Å²) in [6.07, 6.45) is 1.53. The number of ether oxygens (including phenoxy) is 2. The van der Waals surface area contributed by atoms with E-state index >= 15 is 0 Å². The summed E-state index contributed by atoms with van der Waals surface area (Å²) < 4.78 is 24.3. The van der Waals surface area contributed by atoms with Crippen molar-refractivity contribution in [1.82, 2.24) is 4.98 Å². The second-order valence-corrected chi connectivity index (χ2v) is 6.74. The highest BCUT2D eigenvalue weighted by Gasteiger charge is 2.16. The molecule has 0 radical (unpaired) electrons. The number of anilines is 1. The van der Waals surface area contributed by atoms with Crippen LogP contribution in [0, 0.1) is 24.1 Å². The molecule has 2 heterocycles. The minimum Gasteiger partial charge on any atom is -0.454 e. The lowest BCUT2D eigenvalue weighted by molar-refractivity contribution is 0.174. The number of thiazole rings is 1. The molecular formula is C20H14FN3O2S. The van der Waals surface area contributed by atoms with Crippen LogP contribution in [-0.2, 0) is 0 Å². The van der Waals surface area contributed by atoms with Crippen LogP contribution in [0.1, 0.15) is 10.6 Å². The smallest absolute Gasteiger partial charge is 0.231 e. The summed E-state index contributed by atoms with van der Waals surface area (Å²) in [4.78, 5) is 4.54. The van der Waals surface area contributed by atoms with Gasteiger partial charge >= 0.3 is 0 Å². The summed E-state index contributed by atoms with van der Waals surface area (Å²) in [6.45, 7) is 1.91. The van der Waals surface area contributed by atoms with E-state index in [-0.39, 0.29) is 12.6 Å². The molecule has 3 aromatic rings. The van der Waals surface area contributed by atoms with Gasteiger partial charge in [0.25, 0.3) is 0 Å². The number of nitrogens with one attached hydrogen (secondary N) is 1. The van der Waals surface area contributed by atoms with E-state index in [1.807, 2.05) is 23.6 Å². The number of hydrogen-bond donors (Lipinski definition) is 1. The zero-order valence-corrected chi connectivity index (χ0v) is 15.1. The number of rotatable bonds is 4.